The van der Waals surface area contributed by atoms with Gasteiger partial charge < -0.3 is 39.3 Å². The molecule has 0 aliphatic rings. The van der Waals surface area contributed by atoms with Crippen molar-refractivity contribution < 1.29 is 52.7 Å². The number of benzene rings is 1. The molecule has 0 radical (unpaired) electrons. The van der Waals surface area contributed by atoms with Crippen LogP contribution in [0.3, 0.4) is 0 Å². The topological polar surface area (TPSA) is 170 Å². The van der Waals surface area contributed by atoms with Crippen LogP contribution in [0, 0.1) is 11.8 Å². The summed E-state index contributed by atoms with van der Waals surface area (Å²) in [5, 5.41) is 9.56. The van der Waals surface area contributed by atoms with Gasteiger partial charge in [-0.05, 0) is 49.8 Å². The molecule has 1 aromatic carbocycles. The lowest BCUT2D eigenvalue weighted by Gasteiger charge is -2.25. The highest BCUT2D eigenvalue weighted by Crippen LogP contribution is 2.35. The number of hydrogen-bond acceptors (Lipinski definition) is 11. The van der Waals surface area contributed by atoms with Crippen LogP contribution in [0.15, 0.2) is 18.2 Å². The molecule has 3 atom stereocenters. The summed E-state index contributed by atoms with van der Waals surface area (Å²) >= 11 is 0. The van der Waals surface area contributed by atoms with E-state index >= 15 is 0 Å². The van der Waals surface area contributed by atoms with Gasteiger partial charge in [-0.15, -0.1) is 0 Å². The Hall–Kier alpha value is -3.54. The van der Waals surface area contributed by atoms with E-state index in [0.29, 0.717) is 5.56 Å². The van der Waals surface area contributed by atoms with Crippen molar-refractivity contribution in [1.82, 2.24) is 0 Å². The Morgan fingerprint density at radius 3 is 1.86 bits per heavy atom. The molecule has 0 fully saturated rings. The van der Waals surface area contributed by atoms with E-state index in [1.165, 1.54) is 18.2 Å². The zero-order valence-electron chi connectivity index (χ0n) is 22.1. The van der Waals surface area contributed by atoms with Crippen LogP contribution in [0.5, 0.6) is 11.5 Å². The van der Waals surface area contributed by atoms with Crippen molar-refractivity contribution in [3.05, 3.63) is 23.8 Å². The second kappa shape index (κ2) is 15.5. The normalized spacial score (nSPS) is 13.3. The fourth-order valence-corrected chi connectivity index (χ4v) is 3.01. The number of nitrogens with two attached hydrogens (primary N) is 1. The molecule has 0 amide bonds. The molecule has 3 N–H and O–H groups in total. The van der Waals surface area contributed by atoms with Gasteiger partial charge in [0, 0.05) is 5.92 Å². The fraction of sp³-hybridized carbons (Fsp3) is 0.600. The number of rotatable bonds is 13. The molecular weight excluding hydrogens is 490 g/mol. The van der Waals surface area contributed by atoms with Crippen molar-refractivity contribution in [2.75, 3.05) is 19.8 Å². The van der Waals surface area contributed by atoms with E-state index in [1.807, 2.05) is 27.7 Å². The molecule has 208 valence electrons. The van der Waals surface area contributed by atoms with Crippen molar-refractivity contribution in [2.24, 2.45) is 17.6 Å². The predicted molar refractivity (Wildman–Crippen MR) is 131 cm³/mol. The van der Waals surface area contributed by atoms with Crippen LogP contribution >= 0.6 is 0 Å². The van der Waals surface area contributed by atoms with Gasteiger partial charge in [-0.2, -0.15) is 0 Å². The molecule has 12 nitrogen and oxygen atoms in total. The monoisotopic (exact) mass is 527 g/mol. The summed E-state index contributed by atoms with van der Waals surface area (Å²) in [7, 11) is 0. The molecule has 0 saturated heterocycles. The van der Waals surface area contributed by atoms with Crippen LogP contribution in [0.2, 0.25) is 0 Å². The first kappa shape index (κ1) is 31.5. The number of aliphatic carboxylic acids is 1. The largest absolute Gasteiger partial charge is 0.513 e. The van der Waals surface area contributed by atoms with Gasteiger partial charge in [0.1, 0.15) is 12.1 Å². The van der Waals surface area contributed by atoms with Gasteiger partial charge in [0.15, 0.2) is 11.5 Å². The predicted octanol–water partition coefficient (Wildman–Crippen LogP) is 4.48. The summed E-state index contributed by atoms with van der Waals surface area (Å²) < 4.78 is 30.4. The van der Waals surface area contributed by atoms with Crippen LogP contribution < -0.4 is 15.2 Å². The van der Waals surface area contributed by atoms with Gasteiger partial charge >= 0.3 is 24.4 Å². The maximum atomic E-state index is 12.2. The third-order valence-corrected chi connectivity index (χ3v) is 4.72. The van der Waals surface area contributed by atoms with E-state index in [9.17, 15) is 24.3 Å². The van der Waals surface area contributed by atoms with Gasteiger partial charge in [-0.25, -0.2) is 14.4 Å². The first-order valence-electron chi connectivity index (χ1n) is 12.0. The molecule has 0 heterocycles. The molecule has 12 heteroatoms. The Kier molecular flexibility index (Phi) is 13.2. The molecule has 0 aromatic heterocycles. The van der Waals surface area contributed by atoms with Crippen LogP contribution in [0.1, 0.15) is 59.4 Å². The Labute approximate surface area is 216 Å². The summed E-state index contributed by atoms with van der Waals surface area (Å²) in [5.74, 6) is -2.46. The molecule has 2 unspecified atom stereocenters. The Balaban J connectivity index is 3.30. The summed E-state index contributed by atoms with van der Waals surface area (Å²) in [6, 6.07) is 2.68. The third kappa shape index (κ3) is 11.8. The summed E-state index contributed by atoms with van der Waals surface area (Å²) in [6.45, 7) is 10.8. The molecule has 37 heavy (non-hydrogen) atoms. The Bertz CT molecular complexity index is 916. The minimum atomic E-state index is -1.41. The van der Waals surface area contributed by atoms with Gasteiger partial charge in [-0.1, -0.05) is 33.8 Å². The maximum absolute atomic E-state index is 12.2. The van der Waals surface area contributed by atoms with E-state index in [1.54, 1.807) is 13.8 Å². The Morgan fingerprint density at radius 1 is 0.838 bits per heavy atom. The van der Waals surface area contributed by atoms with Gasteiger partial charge in [0.05, 0.1) is 19.8 Å². The van der Waals surface area contributed by atoms with Gasteiger partial charge in [0.2, 0.25) is 0 Å². The fourth-order valence-electron chi connectivity index (χ4n) is 3.01. The molecule has 0 saturated carbocycles. The minimum Gasteiger partial charge on any atom is -0.480 e. The number of carbonyl (C=O) groups is 4. The summed E-state index contributed by atoms with van der Waals surface area (Å²) in [4.78, 5) is 47.8. The van der Waals surface area contributed by atoms with Crippen molar-refractivity contribution in [2.45, 2.75) is 66.0 Å². The van der Waals surface area contributed by atoms with Crippen LogP contribution in [0.25, 0.3) is 0 Å². The quantitative estimate of drug-likeness (QED) is 0.210. The highest BCUT2D eigenvalue weighted by atomic mass is 16.7. The number of carbonyl (C=O) groups excluding carboxylic acids is 3. The minimum absolute atomic E-state index is 0.000150. The SMILES string of the molecule is CCOC(=O)OC(C)CC(c1ccc(OC(=O)OCC(C)C)c(OC(=O)OCC(C)C)c1)[C@H](N)C(=O)O. The second-order valence-electron chi connectivity index (χ2n) is 9.14. The maximum Gasteiger partial charge on any atom is 0.513 e. The lowest BCUT2D eigenvalue weighted by atomic mass is 9.87. The van der Waals surface area contributed by atoms with Crippen LogP contribution in [-0.4, -0.2) is 61.5 Å². The van der Waals surface area contributed by atoms with E-state index in [4.69, 9.17) is 34.2 Å². The van der Waals surface area contributed by atoms with Gasteiger partial charge in [-0.3, -0.25) is 4.79 Å². The van der Waals surface area contributed by atoms with Crippen molar-refractivity contribution in [3.8, 4) is 11.5 Å². The molecule has 0 aliphatic carbocycles. The van der Waals surface area contributed by atoms with Crippen LogP contribution in [-0.2, 0) is 23.7 Å². The first-order valence-corrected chi connectivity index (χ1v) is 12.0. The van der Waals surface area contributed by atoms with E-state index < -0.39 is 42.5 Å². The summed E-state index contributed by atoms with van der Waals surface area (Å²) in [5.41, 5.74) is 6.26. The molecule has 0 spiro atoms. The number of ether oxygens (including phenoxy) is 6. The first-order chi connectivity index (χ1) is 17.3. The lowest BCUT2D eigenvalue weighted by Crippen LogP contribution is -2.38. The number of hydrogen-bond donors (Lipinski definition) is 2. The van der Waals surface area contributed by atoms with Gasteiger partial charge in [0.25, 0.3) is 0 Å². The van der Waals surface area contributed by atoms with Crippen molar-refractivity contribution in [1.29, 1.82) is 0 Å². The smallest absolute Gasteiger partial charge is 0.480 e. The van der Waals surface area contributed by atoms with E-state index in [0.717, 1.165) is 0 Å². The van der Waals surface area contributed by atoms with Crippen molar-refractivity contribution >= 4 is 24.4 Å². The average Bonchev–Trinajstić information content (AvgIpc) is 2.80. The Morgan fingerprint density at radius 2 is 1.38 bits per heavy atom. The molecule has 0 bridgehead atoms. The zero-order valence-corrected chi connectivity index (χ0v) is 22.1. The summed E-state index contributed by atoms with van der Waals surface area (Å²) in [6.07, 6.45) is -3.74. The number of carboxylic acids is 1. The molecular formula is C25H37NO11. The third-order valence-electron chi connectivity index (χ3n) is 4.72. The molecule has 0 aliphatic heterocycles. The van der Waals surface area contributed by atoms with Crippen LogP contribution in [0.4, 0.5) is 14.4 Å². The standard InChI is InChI=1S/C25H37NO11/c1-7-32-23(29)35-16(6)10-18(21(26)22(27)28)17-8-9-19(36-24(30)33-12-14(2)3)20(11-17)37-25(31)34-13-15(4)5/h8-9,11,14-16,18,21H,7,10,12-13,26H2,1-6H3,(H,27,28)/t16?,18?,21-/m0/s1. The van der Waals surface area contributed by atoms with Crippen molar-refractivity contribution in [3.63, 3.8) is 0 Å². The second-order valence-corrected chi connectivity index (χ2v) is 9.14. The lowest BCUT2D eigenvalue weighted by molar-refractivity contribution is -0.139. The average molecular weight is 528 g/mol. The van der Waals surface area contributed by atoms with E-state index in [-0.39, 0.29) is 49.6 Å². The van der Waals surface area contributed by atoms with E-state index in [2.05, 4.69) is 0 Å². The zero-order chi connectivity index (χ0) is 28.1. The molecule has 1 rings (SSSR count). The highest BCUT2D eigenvalue weighted by Gasteiger charge is 2.30. The number of carboxylic acid groups (broad SMARTS) is 1. The molecule has 1 aromatic rings. The highest BCUT2D eigenvalue weighted by molar-refractivity contribution is 5.75.